The molecule has 0 aliphatic rings. The number of aliphatic hydroxyl groups is 1. The monoisotopic (exact) mass is 1500 g/mol. The number of allylic oxidation sites excluding steroid dienone is 18. The fraction of sp³-hybridized carbons (Fsp3) is 0.741. The summed E-state index contributed by atoms with van der Waals surface area (Å²) < 4.78 is 68.7. The first-order valence-electron chi connectivity index (χ1n) is 41.1. The topological polar surface area (TPSA) is 237 Å². The van der Waals surface area contributed by atoms with Crippen LogP contribution in [0.1, 0.15) is 349 Å². The zero-order valence-corrected chi connectivity index (χ0v) is 67.5. The van der Waals surface area contributed by atoms with Crippen molar-refractivity contribution in [1.29, 1.82) is 0 Å². The Balaban J connectivity index is 5.37. The van der Waals surface area contributed by atoms with E-state index in [0.29, 0.717) is 25.7 Å². The summed E-state index contributed by atoms with van der Waals surface area (Å²) in [5, 5.41) is 10.6. The van der Waals surface area contributed by atoms with Gasteiger partial charge in [0.15, 0.2) is 12.2 Å². The number of phosphoric acid groups is 2. The summed E-state index contributed by atoms with van der Waals surface area (Å²) in [4.78, 5) is 73.1. The van der Waals surface area contributed by atoms with Crippen LogP contribution in [0.15, 0.2) is 109 Å². The minimum atomic E-state index is -4.99. The van der Waals surface area contributed by atoms with Crippen molar-refractivity contribution in [1.82, 2.24) is 0 Å². The quantitative estimate of drug-likeness (QED) is 0.0169. The Bertz CT molecular complexity index is 2390. The van der Waals surface area contributed by atoms with Gasteiger partial charge in [-0.25, -0.2) is 9.13 Å². The van der Waals surface area contributed by atoms with Crippen molar-refractivity contribution >= 4 is 39.5 Å². The average Bonchev–Trinajstić information content (AvgIpc) is 0.918. The minimum Gasteiger partial charge on any atom is -0.462 e. The molecule has 5 atom stereocenters. The predicted molar refractivity (Wildman–Crippen MR) is 427 cm³/mol. The maximum Gasteiger partial charge on any atom is 0.472 e. The van der Waals surface area contributed by atoms with E-state index in [1.54, 1.807) is 0 Å². The first-order valence-corrected chi connectivity index (χ1v) is 44.1. The largest absolute Gasteiger partial charge is 0.472 e. The van der Waals surface area contributed by atoms with Gasteiger partial charge in [0.05, 0.1) is 26.4 Å². The zero-order chi connectivity index (χ0) is 76.0. The number of unbranched alkanes of at least 4 members (excludes halogenated alkanes) is 33. The fourth-order valence-corrected chi connectivity index (χ4v) is 12.5. The third-order valence-electron chi connectivity index (χ3n) is 17.2. The predicted octanol–water partition coefficient (Wildman–Crippen LogP) is 24.1. The van der Waals surface area contributed by atoms with Gasteiger partial charge in [0, 0.05) is 25.7 Å². The van der Waals surface area contributed by atoms with Gasteiger partial charge >= 0.3 is 39.5 Å². The van der Waals surface area contributed by atoms with Gasteiger partial charge in [0.1, 0.15) is 19.3 Å². The molecule has 0 saturated carbocycles. The Morgan fingerprint density at radius 2 is 0.519 bits per heavy atom. The molecule has 600 valence electrons. The molecule has 0 fully saturated rings. The van der Waals surface area contributed by atoms with Gasteiger partial charge in [-0.05, 0) is 128 Å². The highest BCUT2D eigenvalue weighted by molar-refractivity contribution is 7.47. The highest BCUT2D eigenvalue weighted by atomic mass is 31.2. The van der Waals surface area contributed by atoms with Crippen LogP contribution in [0.2, 0.25) is 0 Å². The lowest BCUT2D eigenvalue weighted by molar-refractivity contribution is -0.161. The summed E-state index contributed by atoms with van der Waals surface area (Å²) in [6, 6.07) is 0. The normalized spacial score (nSPS) is 14.4. The number of carbonyl (C=O) groups is 4. The Labute approximate surface area is 632 Å². The highest BCUT2D eigenvalue weighted by Gasteiger charge is 2.30. The van der Waals surface area contributed by atoms with Crippen molar-refractivity contribution in [3.63, 3.8) is 0 Å². The van der Waals surface area contributed by atoms with Crippen molar-refractivity contribution in [3.8, 4) is 0 Å². The average molecular weight is 1500 g/mol. The second kappa shape index (κ2) is 76.9. The summed E-state index contributed by atoms with van der Waals surface area (Å²) >= 11 is 0. The number of hydrogen-bond acceptors (Lipinski definition) is 15. The van der Waals surface area contributed by atoms with E-state index in [2.05, 4.69) is 137 Å². The van der Waals surface area contributed by atoms with Crippen LogP contribution in [0, 0.1) is 0 Å². The Morgan fingerprint density at radius 3 is 0.827 bits per heavy atom. The fourth-order valence-electron chi connectivity index (χ4n) is 11.0. The summed E-state index contributed by atoms with van der Waals surface area (Å²) in [6.07, 6.45) is 83.4. The Morgan fingerprint density at radius 1 is 0.279 bits per heavy atom. The molecule has 0 amide bonds. The molecule has 0 spiro atoms. The van der Waals surface area contributed by atoms with Crippen LogP contribution in [-0.4, -0.2) is 96.7 Å². The maximum atomic E-state index is 13.1. The van der Waals surface area contributed by atoms with Crippen LogP contribution < -0.4 is 0 Å². The van der Waals surface area contributed by atoms with Crippen molar-refractivity contribution in [2.45, 2.75) is 367 Å². The molecular formula is C85H148O17P2. The summed E-state index contributed by atoms with van der Waals surface area (Å²) in [6.45, 7) is 4.66. The summed E-state index contributed by atoms with van der Waals surface area (Å²) in [7, 11) is -9.97. The third-order valence-corrected chi connectivity index (χ3v) is 19.1. The number of rotatable bonds is 77. The maximum absolute atomic E-state index is 13.1. The molecule has 5 unspecified atom stereocenters. The van der Waals surface area contributed by atoms with Crippen molar-refractivity contribution in [2.75, 3.05) is 39.6 Å². The Hall–Kier alpha value is -4.28. The van der Waals surface area contributed by atoms with Crippen molar-refractivity contribution < 1.29 is 80.2 Å². The molecule has 0 aromatic rings. The highest BCUT2D eigenvalue weighted by Crippen LogP contribution is 2.45. The van der Waals surface area contributed by atoms with Gasteiger partial charge in [-0.15, -0.1) is 0 Å². The molecule has 0 heterocycles. The molecule has 0 aromatic carbocycles. The number of phosphoric ester groups is 2. The number of ether oxygens (including phenoxy) is 4. The molecule has 0 saturated heterocycles. The van der Waals surface area contributed by atoms with E-state index in [-0.39, 0.29) is 25.7 Å². The van der Waals surface area contributed by atoms with Gasteiger partial charge < -0.3 is 33.8 Å². The zero-order valence-electron chi connectivity index (χ0n) is 65.7. The lowest BCUT2D eigenvalue weighted by atomic mass is 10.0. The third kappa shape index (κ3) is 75.9. The molecule has 0 aliphatic carbocycles. The molecule has 3 N–H and O–H groups in total. The summed E-state index contributed by atoms with van der Waals surface area (Å²) in [5.41, 5.74) is 0. The van der Waals surface area contributed by atoms with Crippen LogP contribution in [0.4, 0.5) is 0 Å². The molecule has 0 rings (SSSR count). The van der Waals surface area contributed by atoms with E-state index in [9.17, 15) is 43.2 Å². The van der Waals surface area contributed by atoms with Crippen molar-refractivity contribution in [3.05, 3.63) is 109 Å². The van der Waals surface area contributed by atoms with Gasteiger partial charge in [0.2, 0.25) is 0 Å². The molecular weight excluding hydrogens is 1350 g/mol. The molecule has 0 aromatic heterocycles. The Kier molecular flexibility index (Phi) is 73.7. The van der Waals surface area contributed by atoms with E-state index < -0.39 is 97.5 Å². The first-order chi connectivity index (χ1) is 50.7. The smallest absolute Gasteiger partial charge is 0.462 e. The second-order valence-electron chi connectivity index (χ2n) is 27.3. The van der Waals surface area contributed by atoms with Gasteiger partial charge in [-0.3, -0.25) is 37.3 Å². The standard InChI is InChI=1S/C85H148O17P2/c1-5-9-13-17-21-25-29-33-36-38-39-41-44-47-50-54-58-62-66-70-83(88)96-76-81(102-85(90)72-68-64-60-56-52-48-42-35-31-27-23-19-15-11-7-3)78-100-104(93,94)98-74-79(86)73-97-103(91,92)99-77-80(101-84(89)71-67-63-59-55-51-45-32-28-24-20-16-12-8-4)75-95-82(87)69-65-61-57-53-49-46-43-40-37-34-30-26-22-18-14-10-6-2/h10,14,16,20-22,25-26,28,32-34,36-37,39,41,43,46,79-81,86H,5-9,11-13,15,17-19,23-24,27,29-31,35,38,40,42,44-45,47-78H2,1-4H3,(H,91,92)(H,93,94)/b14-10-,20-16-,25-21-,26-22-,32-28-,36-33-,37-34-,41-39-,46-43-. The van der Waals surface area contributed by atoms with Crippen LogP contribution in [0.25, 0.3) is 0 Å². The lowest BCUT2D eigenvalue weighted by Gasteiger charge is -2.21. The van der Waals surface area contributed by atoms with E-state index >= 15 is 0 Å². The molecule has 19 heteroatoms. The minimum absolute atomic E-state index is 0.0721. The van der Waals surface area contributed by atoms with E-state index in [4.69, 9.17) is 37.0 Å². The van der Waals surface area contributed by atoms with Crippen LogP contribution in [0.5, 0.6) is 0 Å². The van der Waals surface area contributed by atoms with Gasteiger partial charge in [-0.1, -0.05) is 304 Å². The number of hydrogen-bond donors (Lipinski definition) is 3. The van der Waals surface area contributed by atoms with Gasteiger partial charge in [-0.2, -0.15) is 0 Å². The van der Waals surface area contributed by atoms with E-state index in [1.165, 1.54) is 83.5 Å². The van der Waals surface area contributed by atoms with Crippen LogP contribution >= 0.6 is 15.6 Å². The number of esters is 4. The first kappa shape index (κ1) is 99.7. The molecule has 0 aliphatic heterocycles. The molecule has 0 bridgehead atoms. The van der Waals surface area contributed by atoms with E-state index in [0.717, 1.165) is 186 Å². The van der Waals surface area contributed by atoms with Crippen LogP contribution in [0.3, 0.4) is 0 Å². The van der Waals surface area contributed by atoms with Crippen molar-refractivity contribution in [2.24, 2.45) is 0 Å². The molecule has 17 nitrogen and oxygen atoms in total. The number of carbonyl (C=O) groups excluding carboxylic acids is 4. The van der Waals surface area contributed by atoms with Gasteiger partial charge in [0.25, 0.3) is 0 Å². The van der Waals surface area contributed by atoms with E-state index in [1.807, 2.05) is 0 Å². The summed E-state index contributed by atoms with van der Waals surface area (Å²) in [5.74, 6) is -2.21. The number of aliphatic hydroxyl groups excluding tert-OH is 1. The van der Waals surface area contributed by atoms with Crippen LogP contribution in [-0.2, 0) is 65.4 Å². The molecule has 0 radical (unpaired) electrons. The lowest BCUT2D eigenvalue weighted by Crippen LogP contribution is -2.30. The SMILES string of the molecule is CC/C=C\C/C=C\C/C=C\C/C=C\CCCCCCC(=O)OCC(COP(=O)(O)OCC(O)COP(=O)(O)OCC(COC(=O)CCCCCCCC/C=C\C/C=C\C/C=C\CCCCC)OC(=O)CCCCCCCCCCCCCCCCC)OC(=O)CCCCCCC/C=C\C/C=C\CCC. The second-order valence-corrected chi connectivity index (χ2v) is 30.2. The molecule has 104 heavy (non-hydrogen) atoms.